The van der Waals surface area contributed by atoms with E-state index >= 15 is 0 Å². The Morgan fingerprint density at radius 3 is 2.31 bits per heavy atom. The number of nitrogens with one attached hydrogen (secondary N) is 1. The maximum atomic E-state index is 13.1. The van der Waals surface area contributed by atoms with Crippen LogP contribution in [-0.4, -0.2) is 24.5 Å². The number of fused-ring (bicyclic) bond motifs is 1. The van der Waals surface area contributed by atoms with Crippen LogP contribution in [-0.2, 0) is 14.6 Å². The Kier molecular flexibility index (Phi) is 5.87. The van der Waals surface area contributed by atoms with E-state index in [1.54, 1.807) is 36.4 Å². The van der Waals surface area contributed by atoms with E-state index in [0.29, 0.717) is 16.7 Å². The summed E-state index contributed by atoms with van der Waals surface area (Å²) >= 11 is 12.5. The van der Waals surface area contributed by atoms with Gasteiger partial charge in [-0.25, -0.2) is 8.42 Å². The molecule has 0 unspecified atom stereocenters. The first-order valence-corrected chi connectivity index (χ1v) is 11.5. The third kappa shape index (κ3) is 4.05. The third-order valence-electron chi connectivity index (χ3n) is 4.82. The zero-order valence-corrected chi connectivity index (χ0v) is 18.6. The molecule has 10 heteroatoms. The monoisotopic (exact) mass is 490 g/mol. The minimum Gasteiger partial charge on any atom is -0.480 e. The first kappa shape index (κ1) is 22.2. The number of aromatic nitrogens is 1. The molecule has 4 aromatic rings. The number of halogens is 2. The molecule has 0 aliphatic carbocycles. The van der Waals surface area contributed by atoms with Crippen molar-refractivity contribution in [3.05, 3.63) is 82.5 Å². The van der Waals surface area contributed by atoms with Crippen LogP contribution >= 0.6 is 23.2 Å². The lowest BCUT2D eigenvalue weighted by molar-refractivity contribution is -0.138. The Bertz CT molecular complexity index is 1410. The summed E-state index contributed by atoms with van der Waals surface area (Å²) in [5.74, 6) is -0.839. The summed E-state index contributed by atoms with van der Waals surface area (Å²) in [5, 5.41) is 9.65. The summed E-state index contributed by atoms with van der Waals surface area (Å²) in [4.78, 5) is 14.3. The van der Waals surface area contributed by atoms with Crippen LogP contribution in [0.2, 0.25) is 10.0 Å². The van der Waals surface area contributed by atoms with E-state index < -0.39 is 21.8 Å². The summed E-state index contributed by atoms with van der Waals surface area (Å²) in [6.07, 6.45) is 1.43. The van der Waals surface area contributed by atoms with Crippen molar-refractivity contribution in [1.82, 2.24) is 4.98 Å². The van der Waals surface area contributed by atoms with E-state index in [1.165, 1.54) is 30.5 Å². The van der Waals surface area contributed by atoms with Gasteiger partial charge in [0.05, 0.1) is 19.8 Å². The van der Waals surface area contributed by atoms with Crippen LogP contribution in [0.5, 0.6) is 11.5 Å². The number of rotatable bonds is 6. The predicted molar refractivity (Wildman–Crippen MR) is 121 cm³/mol. The number of aliphatic carboxylic acids is 1. The number of sulfone groups is 1. The number of hydrogen-bond acceptors (Lipinski definition) is 5. The molecule has 4 rings (SSSR count). The number of nitrogens with two attached hydrogens (primary N) is 1. The zero-order valence-electron chi connectivity index (χ0n) is 16.2. The third-order valence-corrected chi connectivity index (χ3v) is 7.20. The molecule has 0 amide bonds. The van der Waals surface area contributed by atoms with Crippen molar-refractivity contribution in [3.8, 4) is 11.5 Å². The van der Waals surface area contributed by atoms with Crippen molar-refractivity contribution >= 4 is 49.9 Å². The van der Waals surface area contributed by atoms with Gasteiger partial charge in [-0.15, -0.1) is 0 Å². The average Bonchev–Trinajstić information content (AvgIpc) is 3.20. The van der Waals surface area contributed by atoms with Gasteiger partial charge in [0.1, 0.15) is 11.8 Å². The first-order chi connectivity index (χ1) is 15.2. The molecule has 0 saturated carbocycles. The smallest absolute Gasteiger partial charge is 0.325 e. The number of benzene rings is 3. The summed E-state index contributed by atoms with van der Waals surface area (Å²) in [5.41, 5.74) is 6.44. The van der Waals surface area contributed by atoms with Gasteiger partial charge in [0, 0.05) is 17.1 Å². The van der Waals surface area contributed by atoms with Gasteiger partial charge < -0.3 is 20.6 Å². The number of hydrogen-bond donors (Lipinski definition) is 3. The molecule has 1 heterocycles. The molecule has 4 N–H and O–H groups in total. The van der Waals surface area contributed by atoms with Crippen LogP contribution in [0.3, 0.4) is 0 Å². The minimum atomic E-state index is -3.76. The summed E-state index contributed by atoms with van der Waals surface area (Å²) in [6, 6.07) is 14.4. The van der Waals surface area contributed by atoms with E-state index in [9.17, 15) is 13.2 Å². The molecule has 0 saturated heterocycles. The average molecular weight is 491 g/mol. The fourth-order valence-electron chi connectivity index (χ4n) is 3.20. The lowest BCUT2D eigenvalue weighted by atomic mass is 10.1. The lowest BCUT2D eigenvalue weighted by Crippen LogP contribution is -2.20. The molecular weight excluding hydrogens is 475 g/mol. The molecule has 1 aromatic heterocycles. The fourth-order valence-corrected chi connectivity index (χ4v) is 5.23. The molecule has 1 atom stereocenters. The quantitative estimate of drug-likeness (QED) is 0.342. The Balaban J connectivity index is 1.73. The van der Waals surface area contributed by atoms with Gasteiger partial charge in [0.15, 0.2) is 5.75 Å². The standard InChI is InChI=1S/C22H16Cl2N2O5S/c23-16-8-12(20(25)22(27)28)9-17(24)21(16)31-13-6-7-18-15(10-13)19(11-26-18)32(29,30)14-4-2-1-3-5-14/h1-11,20,26H,25H2,(H,27,28)/t20-/m1/s1. The fraction of sp³-hybridized carbons (Fsp3) is 0.0455. The number of aromatic amines is 1. The van der Waals surface area contributed by atoms with Crippen LogP contribution < -0.4 is 10.5 Å². The van der Waals surface area contributed by atoms with Crippen LogP contribution in [0, 0.1) is 0 Å². The van der Waals surface area contributed by atoms with Gasteiger partial charge in [0.2, 0.25) is 9.84 Å². The Morgan fingerprint density at radius 1 is 1.03 bits per heavy atom. The van der Waals surface area contributed by atoms with Crippen LogP contribution in [0.15, 0.2) is 76.7 Å². The highest BCUT2D eigenvalue weighted by Gasteiger charge is 2.23. The number of H-pyrrole nitrogens is 1. The van der Waals surface area contributed by atoms with E-state index in [1.807, 2.05) is 0 Å². The molecule has 0 aliphatic rings. The number of carboxylic acid groups (broad SMARTS) is 1. The SMILES string of the molecule is N[C@@H](C(=O)O)c1cc(Cl)c(Oc2ccc3[nH]cc(S(=O)(=O)c4ccccc4)c3c2)c(Cl)c1. The number of carboxylic acids is 1. The van der Waals surface area contributed by atoms with Gasteiger partial charge in [0.25, 0.3) is 0 Å². The number of ether oxygens (including phenoxy) is 1. The second-order valence-corrected chi connectivity index (χ2v) is 9.64. The molecule has 3 aromatic carbocycles. The molecule has 0 fully saturated rings. The van der Waals surface area contributed by atoms with Gasteiger partial charge >= 0.3 is 5.97 Å². The van der Waals surface area contributed by atoms with Crippen LogP contribution in [0.25, 0.3) is 10.9 Å². The minimum absolute atomic E-state index is 0.0653. The van der Waals surface area contributed by atoms with Crippen molar-refractivity contribution in [2.24, 2.45) is 5.73 Å². The topological polar surface area (TPSA) is 122 Å². The maximum absolute atomic E-state index is 13.1. The van der Waals surface area contributed by atoms with E-state index in [-0.39, 0.29) is 31.1 Å². The van der Waals surface area contributed by atoms with Crippen molar-refractivity contribution in [2.75, 3.05) is 0 Å². The van der Waals surface area contributed by atoms with E-state index in [0.717, 1.165) is 0 Å². The summed E-state index contributed by atoms with van der Waals surface area (Å²) in [6.45, 7) is 0. The second-order valence-electron chi connectivity index (χ2n) is 6.91. The van der Waals surface area contributed by atoms with E-state index in [4.69, 9.17) is 38.8 Å². The molecule has 0 bridgehead atoms. The van der Waals surface area contributed by atoms with Crippen molar-refractivity contribution in [2.45, 2.75) is 15.8 Å². The van der Waals surface area contributed by atoms with Crippen molar-refractivity contribution in [3.63, 3.8) is 0 Å². The molecule has 0 spiro atoms. The molecule has 7 nitrogen and oxygen atoms in total. The highest BCUT2D eigenvalue weighted by molar-refractivity contribution is 7.91. The van der Waals surface area contributed by atoms with Gasteiger partial charge in [-0.3, -0.25) is 4.79 Å². The van der Waals surface area contributed by atoms with Crippen molar-refractivity contribution < 1.29 is 23.1 Å². The van der Waals surface area contributed by atoms with Crippen LogP contribution in [0.1, 0.15) is 11.6 Å². The van der Waals surface area contributed by atoms with Gasteiger partial charge in [-0.1, -0.05) is 41.4 Å². The Labute approximate surface area is 193 Å². The molecule has 0 aliphatic heterocycles. The molecule has 32 heavy (non-hydrogen) atoms. The predicted octanol–water partition coefficient (Wildman–Crippen LogP) is 5.18. The summed E-state index contributed by atoms with van der Waals surface area (Å²) in [7, 11) is -3.76. The largest absolute Gasteiger partial charge is 0.480 e. The summed E-state index contributed by atoms with van der Waals surface area (Å²) < 4.78 is 32.0. The number of carbonyl (C=O) groups is 1. The van der Waals surface area contributed by atoms with Gasteiger partial charge in [-0.2, -0.15) is 0 Å². The van der Waals surface area contributed by atoms with Gasteiger partial charge in [-0.05, 0) is 48.0 Å². The Hall–Kier alpha value is -3.04. The van der Waals surface area contributed by atoms with E-state index in [2.05, 4.69) is 4.98 Å². The normalized spacial score (nSPS) is 12.6. The highest BCUT2D eigenvalue weighted by atomic mass is 35.5. The zero-order chi connectivity index (χ0) is 23.0. The molecular formula is C22H16Cl2N2O5S. The maximum Gasteiger partial charge on any atom is 0.325 e. The second kappa shape index (κ2) is 8.48. The van der Waals surface area contributed by atoms with Crippen LogP contribution in [0.4, 0.5) is 0 Å². The van der Waals surface area contributed by atoms with Crippen molar-refractivity contribution in [1.29, 1.82) is 0 Å². The highest BCUT2D eigenvalue weighted by Crippen LogP contribution is 2.40. The molecule has 164 valence electrons. The Morgan fingerprint density at radius 2 is 1.69 bits per heavy atom. The molecule has 0 radical (unpaired) electrons. The first-order valence-electron chi connectivity index (χ1n) is 9.25. The lowest BCUT2D eigenvalue weighted by Gasteiger charge is -2.13.